The Balaban J connectivity index is 2.59. The molecule has 1 aromatic rings. The summed E-state index contributed by atoms with van der Waals surface area (Å²) < 4.78 is 18.8. The van der Waals surface area contributed by atoms with Crippen LogP contribution >= 0.6 is 11.6 Å². The molecule has 19 heavy (non-hydrogen) atoms. The fourth-order valence-electron chi connectivity index (χ4n) is 1.43. The summed E-state index contributed by atoms with van der Waals surface area (Å²) in [5.41, 5.74) is -0.192. The molecule has 1 atom stereocenters. The van der Waals surface area contributed by atoms with Crippen molar-refractivity contribution >= 4 is 17.6 Å². The molecule has 0 aromatic heterocycles. The Bertz CT molecular complexity index is 437. The van der Waals surface area contributed by atoms with Crippen molar-refractivity contribution in [3.8, 4) is 0 Å². The Morgan fingerprint density at radius 1 is 1.47 bits per heavy atom. The fraction of sp³-hybridized carbons (Fsp3) is 0.500. The highest BCUT2D eigenvalue weighted by Gasteiger charge is 2.21. The number of rotatable bonds is 4. The van der Waals surface area contributed by atoms with E-state index in [4.69, 9.17) is 16.3 Å². The van der Waals surface area contributed by atoms with Crippen LogP contribution < -0.4 is 5.32 Å². The third-order valence-corrected chi connectivity index (χ3v) is 2.76. The van der Waals surface area contributed by atoms with Crippen molar-refractivity contribution in [3.63, 3.8) is 0 Å². The number of hydrogen-bond acceptors (Lipinski definition) is 3. The highest BCUT2D eigenvalue weighted by atomic mass is 35.5. The summed E-state index contributed by atoms with van der Waals surface area (Å²) in [4.78, 5) is 11.7. The van der Waals surface area contributed by atoms with Gasteiger partial charge in [0, 0.05) is 17.1 Å². The number of ether oxygens (including phenoxy) is 1. The van der Waals surface area contributed by atoms with E-state index in [-0.39, 0.29) is 12.5 Å². The first-order valence-electron chi connectivity index (χ1n) is 6.10. The first-order valence-corrected chi connectivity index (χ1v) is 6.47. The van der Waals surface area contributed by atoms with Crippen molar-refractivity contribution in [1.82, 2.24) is 5.32 Å². The first-order chi connectivity index (χ1) is 8.70. The van der Waals surface area contributed by atoms with E-state index in [2.05, 4.69) is 5.32 Å². The summed E-state index contributed by atoms with van der Waals surface area (Å²) in [6, 6.07) is 3.95. The molecule has 0 bridgehead atoms. The van der Waals surface area contributed by atoms with Crippen LogP contribution in [0.5, 0.6) is 0 Å². The zero-order chi connectivity index (χ0) is 14.6. The van der Waals surface area contributed by atoms with Crippen LogP contribution in [0.1, 0.15) is 33.3 Å². The normalized spacial score (nSPS) is 13.2. The summed E-state index contributed by atoms with van der Waals surface area (Å²) in [5, 5.41) is 3.24. The van der Waals surface area contributed by atoms with E-state index >= 15 is 0 Å². The molecule has 0 spiro atoms. The first kappa shape index (κ1) is 15.9. The van der Waals surface area contributed by atoms with Gasteiger partial charge in [0.25, 0.3) is 0 Å². The lowest BCUT2D eigenvalue weighted by molar-refractivity contribution is -0.157. The van der Waals surface area contributed by atoms with Crippen LogP contribution in [0.25, 0.3) is 0 Å². The molecule has 0 aliphatic carbocycles. The number of carbonyl (C=O) groups excluding carboxylic acids is 1. The molecule has 1 N–H and O–H groups in total. The zero-order valence-electron chi connectivity index (χ0n) is 11.6. The van der Waals surface area contributed by atoms with Crippen LogP contribution in [0.15, 0.2) is 18.2 Å². The third kappa shape index (κ3) is 5.17. The maximum atomic E-state index is 13.5. The van der Waals surface area contributed by atoms with Gasteiger partial charge in [0.05, 0.1) is 0 Å². The number of benzene rings is 1. The minimum Gasteiger partial charge on any atom is -0.459 e. The predicted molar refractivity (Wildman–Crippen MR) is 73.6 cm³/mol. The van der Waals surface area contributed by atoms with Gasteiger partial charge in [0.15, 0.2) is 0 Å². The van der Waals surface area contributed by atoms with Crippen LogP contribution in [-0.4, -0.2) is 17.6 Å². The van der Waals surface area contributed by atoms with Gasteiger partial charge in [0.2, 0.25) is 0 Å². The SMILES string of the molecule is CC(NCc1c(F)cccc1Cl)C(=O)OC(C)(C)C. The molecule has 106 valence electrons. The van der Waals surface area contributed by atoms with Crippen molar-refractivity contribution in [2.75, 3.05) is 0 Å². The van der Waals surface area contributed by atoms with E-state index in [1.54, 1.807) is 39.8 Å². The minimum absolute atomic E-state index is 0.173. The second-order valence-electron chi connectivity index (χ2n) is 5.34. The highest BCUT2D eigenvalue weighted by Crippen LogP contribution is 2.18. The fourth-order valence-corrected chi connectivity index (χ4v) is 1.66. The monoisotopic (exact) mass is 287 g/mol. The molecular weight excluding hydrogens is 269 g/mol. The summed E-state index contributed by atoms with van der Waals surface area (Å²) in [6.45, 7) is 7.23. The molecule has 0 fully saturated rings. The summed E-state index contributed by atoms with van der Waals surface area (Å²) in [7, 11) is 0. The van der Waals surface area contributed by atoms with Crippen LogP contribution in [0, 0.1) is 5.82 Å². The van der Waals surface area contributed by atoms with E-state index in [1.165, 1.54) is 6.07 Å². The molecule has 0 amide bonds. The topological polar surface area (TPSA) is 38.3 Å². The quantitative estimate of drug-likeness (QED) is 0.864. The second-order valence-corrected chi connectivity index (χ2v) is 5.74. The molecule has 1 unspecified atom stereocenters. The van der Waals surface area contributed by atoms with Gasteiger partial charge < -0.3 is 10.1 Å². The Labute approximate surface area is 118 Å². The maximum absolute atomic E-state index is 13.5. The van der Waals surface area contributed by atoms with Gasteiger partial charge in [-0.05, 0) is 39.8 Å². The van der Waals surface area contributed by atoms with Gasteiger partial charge in [-0.1, -0.05) is 17.7 Å². The lowest BCUT2D eigenvalue weighted by Crippen LogP contribution is -2.39. The van der Waals surface area contributed by atoms with Crippen molar-refractivity contribution in [2.24, 2.45) is 0 Å². The number of halogens is 2. The van der Waals surface area contributed by atoms with Crippen molar-refractivity contribution < 1.29 is 13.9 Å². The molecule has 0 saturated heterocycles. The average molecular weight is 288 g/mol. The van der Waals surface area contributed by atoms with E-state index in [1.807, 2.05) is 0 Å². The van der Waals surface area contributed by atoms with E-state index in [0.29, 0.717) is 10.6 Å². The lowest BCUT2D eigenvalue weighted by Gasteiger charge is -2.22. The Kier molecular flexibility index (Phi) is 5.32. The molecule has 1 rings (SSSR count). The van der Waals surface area contributed by atoms with Crippen molar-refractivity contribution in [2.45, 2.75) is 45.9 Å². The highest BCUT2D eigenvalue weighted by molar-refractivity contribution is 6.31. The standard InChI is InChI=1S/C14H19ClFNO2/c1-9(13(18)19-14(2,3)4)17-8-10-11(15)6-5-7-12(10)16/h5-7,9,17H,8H2,1-4H3. The lowest BCUT2D eigenvalue weighted by atomic mass is 10.2. The van der Waals surface area contributed by atoms with Gasteiger partial charge >= 0.3 is 5.97 Å². The van der Waals surface area contributed by atoms with Gasteiger partial charge in [-0.2, -0.15) is 0 Å². The average Bonchev–Trinajstić information content (AvgIpc) is 2.25. The molecule has 0 aliphatic rings. The largest absolute Gasteiger partial charge is 0.459 e. The number of hydrogen-bond donors (Lipinski definition) is 1. The summed E-state index contributed by atoms with van der Waals surface area (Å²) >= 11 is 5.90. The Hall–Kier alpha value is -1.13. The Morgan fingerprint density at radius 2 is 2.11 bits per heavy atom. The molecule has 1 aromatic carbocycles. The number of carbonyl (C=O) groups is 1. The van der Waals surface area contributed by atoms with Gasteiger partial charge in [0.1, 0.15) is 17.5 Å². The molecule has 0 aliphatic heterocycles. The summed E-state index contributed by atoms with van der Waals surface area (Å²) in [5.74, 6) is -0.767. The number of esters is 1. The molecule has 5 heteroatoms. The van der Waals surface area contributed by atoms with E-state index < -0.39 is 17.5 Å². The van der Waals surface area contributed by atoms with Crippen molar-refractivity contribution in [3.05, 3.63) is 34.6 Å². The maximum Gasteiger partial charge on any atom is 0.323 e. The third-order valence-electron chi connectivity index (χ3n) is 2.41. The summed E-state index contributed by atoms with van der Waals surface area (Å²) in [6.07, 6.45) is 0. The van der Waals surface area contributed by atoms with E-state index in [0.717, 1.165) is 0 Å². The van der Waals surface area contributed by atoms with Crippen LogP contribution in [0.4, 0.5) is 4.39 Å². The smallest absolute Gasteiger partial charge is 0.323 e. The molecule has 0 radical (unpaired) electrons. The van der Waals surface area contributed by atoms with Crippen LogP contribution in [0.3, 0.4) is 0 Å². The zero-order valence-corrected chi connectivity index (χ0v) is 12.3. The molecule has 0 heterocycles. The van der Waals surface area contributed by atoms with E-state index in [9.17, 15) is 9.18 Å². The van der Waals surface area contributed by atoms with Crippen LogP contribution in [0.2, 0.25) is 5.02 Å². The Morgan fingerprint density at radius 3 is 2.63 bits per heavy atom. The number of nitrogens with one attached hydrogen (secondary N) is 1. The van der Waals surface area contributed by atoms with Crippen LogP contribution in [-0.2, 0) is 16.1 Å². The molecule has 0 saturated carbocycles. The minimum atomic E-state index is -0.539. The molecular formula is C14H19ClFNO2. The molecule has 3 nitrogen and oxygen atoms in total. The second kappa shape index (κ2) is 6.35. The van der Waals surface area contributed by atoms with Crippen molar-refractivity contribution in [1.29, 1.82) is 0 Å². The predicted octanol–water partition coefficient (Wildman–Crippen LogP) is 3.30. The van der Waals surface area contributed by atoms with Gasteiger partial charge in [-0.15, -0.1) is 0 Å². The van der Waals surface area contributed by atoms with Gasteiger partial charge in [-0.3, -0.25) is 4.79 Å². The van der Waals surface area contributed by atoms with Gasteiger partial charge in [-0.25, -0.2) is 4.39 Å².